The number of aromatic nitrogens is 2. The van der Waals surface area contributed by atoms with Crippen LogP contribution in [-0.2, 0) is 4.74 Å². The molecule has 0 saturated carbocycles. The molecule has 1 saturated heterocycles. The van der Waals surface area contributed by atoms with Crippen molar-refractivity contribution in [3.05, 3.63) is 77.4 Å². The number of rotatable bonds is 7. The van der Waals surface area contributed by atoms with Crippen LogP contribution < -0.4 is 10.1 Å². The van der Waals surface area contributed by atoms with Gasteiger partial charge in [-0.1, -0.05) is 6.07 Å². The lowest BCUT2D eigenvalue weighted by atomic mass is 9.97. The van der Waals surface area contributed by atoms with E-state index >= 15 is 0 Å². The number of benzene rings is 1. The maximum absolute atomic E-state index is 5.72. The molecule has 2 atom stereocenters. The smallest absolute Gasteiger partial charge is 0.170 e. The van der Waals surface area contributed by atoms with Crippen LogP contribution in [0.2, 0.25) is 0 Å². The third-order valence-electron chi connectivity index (χ3n) is 5.85. The molecule has 1 aliphatic heterocycles. The SMILES string of the molecule is COCCN1C(=S)N[C@@H](c2ccccn2)[C@H]1c1cc(C)n(-c2ccc(OC)cc2)c1C. The van der Waals surface area contributed by atoms with Crippen LogP contribution >= 0.6 is 12.2 Å². The molecule has 0 spiro atoms. The molecule has 1 N–H and O–H groups in total. The summed E-state index contributed by atoms with van der Waals surface area (Å²) in [5.74, 6) is 0.845. The lowest BCUT2D eigenvalue weighted by Crippen LogP contribution is -2.32. The van der Waals surface area contributed by atoms with Crippen molar-refractivity contribution in [1.82, 2.24) is 19.8 Å². The van der Waals surface area contributed by atoms with Crippen molar-refractivity contribution in [2.75, 3.05) is 27.4 Å². The highest BCUT2D eigenvalue weighted by molar-refractivity contribution is 7.80. The lowest BCUT2D eigenvalue weighted by Gasteiger charge is -2.28. The second-order valence-corrected chi connectivity index (χ2v) is 8.06. The average Bonchev–Trinajstić information content (AvgIpc) is 3.27. The molecule has 1 aromatic carbocycles. The van der Waals surface area contributed by atoms with Crippen molar-refractivity contribution >= 4 is 17.3 Å². The molecule has 7 heteroatoms. The van der Waals surface area contributed by atoms with Crippen molar-refractivity contribution in [3.8, 4) is 11.4 Å². The molecule has 2 aromatic heterocycles. The summed E-state index contributed by atoms with van der Waals surface area (Å²) in [5, 5.41) is 4.23. The Balaban J connectivity index is 1.79. The molecule has 6 nitrogen and oxygen atoms in total. The van der Waals surface area contributed by atoms with Crippen LogP contribution in [-0.4, -0.2) is 46.9 Å². The minimum absolute atomic E-state index is 0.0238. The molecule has 31 heavy (non-hydrogen) atoms. The maximum atomic E-state index is 5.72. The second kappa shape index (κ2) is 9.08. The van der Waals surface area contributed by atoms with Gasteiger partial charge in [0.2, 0.25) is 0 Å². The first kappa shape index (κ1) is 21.3. The first-order valence-corrected chi connectivity index (χ1v) is 10.8. The molecule has 3 heterocycles. The van der Waals surface area contributed by atoms with E-state index in [9.17, 15) is 0 Å². The van der Waals surface area contributed by atoms with E-state index in [-0.39, 0.29) is 12.1 Å². The molecule has 0 aliphatic carbocycles. The summed E-state index contributed by atoms with van der Waals surface area (Å²) < 4.78 is 13.0. The summed E-state index contributed by atoms with van der Waals surface area (Å²) in [5.41, 5.74) is 5.66. The zero-order valence-electron chi connectivity index (χ0n) is 18.3. The molecule has 4 rings (SSSR count). The lowest BCUT2D eigenvalue weighted by molar-refractivity contribution is 0.164. The Morgan fingerprint density at radius 3 is 2.52 bits per heavy atom. The van der Waals surface area contributed by atoms with Gasteiger partial charge in [0.25, 0.3) is 0 Å². The van der Waals surface area contributed by atoms with Gasteiger partial charge in [0.05, 0.1) is 31.5 Å². The summed E-state index contributed by atoms with van der Waals surface area (Å²) >= 11 is 5.72. The molecule has 0 bridgehead atoms. The van der Waals surface area contributed by atoms with Crippen LogP contribution in [0.4, 0.5) is 0 Å². The molecular weight excluding hydrogens is 408 g/mol. The number of ether oxygens (including phenoxy) is 2. The normalized spacial score (nSPS) is 18.3. The Bertz CT molecular complexity index is 1050. The quantitative estimate of drug-likeness (QED) is 0.563. The summed E-state index contributed by atoms with van der Waals surface area (Å²) in [4.78, 5) is 6.84. The number of thiocarbonyl (C=S) groups is 1. The maximum Gasteiger partial charge on any atom is 0.170 e. The highest BCUT2D eigenvalue weighted by atomic mass is 32.1. The van der Waals surface area contributed by atoms with Gasteiger partial charge in [-0.3, -0.25) is 4.98 Å². The number of hydrogen-bond acceptors (Lipinski definition) is 4. The van der Waals surface area contributed by atoms with E-state index in [0.29, 0.717) is 13.2 Å². The fourth-order valence-electron chi connectivity index (χ4n) is 4.39. The summed E-state index contributed by atoms with van der Waals surface area (Å²) in [6.07, 6.45) is 1.83. The fraction of sp³-hybridized carbons (Fsp3) is 0.333. The van der Waals surface area contributed by atoms with Crippen LogP contribution in [0, 0.1) is 13.8 Å². The van der Waals surface area contributed by atoms with Gasteiger partial charge < -0.3 is 24.3 Å². The molecule has 1 aliphatic rings. The van der Waals surface area contributed by atoms with Gasteiger partial charge in [-0.05, 0) is 74.1 Å². The van der Waals surface area contributed by atoms with Gasteiger partial charge in [0.1, 0.15) is 5.75 Å². The van der Waals surface area contributed by atoms with Crippen molar-refractivity contribution in [3.63, 3.8) is 0 Å². The number of nitrogens with zero attached hydrogens (tertiary/aromatic N) is 3. The monoisotopic (exact) mass is 436 g/mol. The first-order chi connectivity index (χ1) is 15.0. The van der Waals surface area contributed by atoms with Gasteiger partial charge in [-0.2, -0.15) is 0 Å². The number of hydrogen-bond donors (Lipinski definition) is 1. The van der Waals surface area contributed by atoms with E-state index in [4.69, 9.17) is 21.7 Å². The number of nitrogens with one attached hydrogen (secondary N) is 1. The van der Waals surface area contributed by atoms with Crippen LogP contribution in [0.25, 0.3) is 5.69 Å². The van der Waals surface area contributed by atoms with Gasteiger partial charge >= 0.3 is 0 Å². The van der Waals surface area contributed by atoms with Crippen LogP contribution in [0.5, 0.6) is 5.75 Å². The van der Waals surface area contributed by atoms with Crippen molar-refractivity contribution in [2.45, 2.75) is 25.9 Å². The van der Waals surface area contributed by atoms with Gasteiger partial charge in [0, 0.05) is 36.9 Å². The second-order valence-electron chi connectivity index (χ2n) is 7.67. The molecule has 162 valence electrons. The van der Waals surface area contributed by atoms with E-state index in [0.717, 1.165) is 22.2 Å². The van der Waals surface area contributed by atoms with Crippen molar-refractivity contribution in [1.29, 1.82) is 0 Å². The molecule has 1 fully saturated rings. The average molecular weight is 437 g/mol. The van der Waals surface area contributed by atoms with E-state index < -0.39 is 0 Å². The van der Waals surface area contributed by atoms with E-state index in [1.807, 2.05) is 30.5 Å². The molecule has 3 aromatic rings. The predicted molar refractivity (Wildman–Crippen MR) is 126 cm³/mol. The Labute approximate surface area is 188 Å². The first-order valence-electron chi connectivity index (χ1n) is 10.4. The summed E-state index contributed by atoms with van der Waals surface area (Å²) in [7, 11) is 3.40. The predicted octanol–water partition coefficient (Wildman–Crippen LogP) is 4.12. The minimum Gasteiger partial charge on any atom is -0.497 e. The van der Waals surface area contributed by atoms with E-state index in [1.54, 1.807) is 14.2 Å². The van der Waals surface area contributed by atoms with E-state index in [2.05, 4.69) is 57.9 Å². The van der Waals surface area contributed by atoms with Crippen molar-refractivity contribution < 1.29 is 9.47 Å². The van der Waals surface area contributed by atoms with Crippen LogP contribution in [0.15, 0.2) is 54.7 Å². The third kappa shape index (κ3) is 4.03. The standard InChI is InChI=1S/C24H28N4O2S/c1-16-15-20(17(2)28(16)18-8-10-19(30-4)11-9-18)23-22(21-7-5-6-12-25-21)26-24(31)27(23)13-14-29-3/h5-12,15,22-23H,13-14H2,1-4H3,(H,26,31)/t22-,23+/m0/s1. The zero-order chi connectivity index (χ0) is 22.0. The zero-order valence-corrected chi connectivity index (χ0v) is 19.1. The van der Waals surface area contributed by atoms with Gasteiger partial charge in [-0.15, -0.1) is 0 Å². The van der Waals surface area contributed by atoms with Gasteiger partial charge in [-0.25, -0.2) is 0 Å². The highest BCUT2D eigenvalue weighted by Gasteiger charge is 2.41. The number of aryl methyl sites for hydroxylation is 1. The third-order valence-corrected chi connectivity index (χ3v) is 6.21. The Hall–Kier alpha value is -2.90. The fourth-order valence-corrected chi connectivity index (χ4v) is 4.72. The Kier molecular flexibility index (Phi) is 6.25. The highest BCUT2D eigenvalue weighted by Crippen LogP contribution is 2.41. The van der Waals surface area contributed by atoms with Crippen LogP contribution in [0.1, 0.15) is 34.7 Å². The Morgan fingerprint density at radius 1 is 1.10 bits per heavy atom. The van der Waals surface area contributed by atoms with Crippen LogP contribution in [0.3, 0.4) is 0 Å². The largest absolute Gasteiger partial charge is 0.497 e. The summed E-state index contributed by atoms with van der Waals surface area (Å²) in [6, 6.07) is 16.4. The minimum atomic E-state index is -0.0321. The molecule has 0 unspecified atom stereocenters. The summed E-state index contributed by atoms with van der Waals surface area (Å²) in [6.45, 7) is 5.61. The topological polar surface area (TPSA) is 51.5 Å². The van der Waals surface area contributed by atoms with Crippen molar-refractivity contribution in [2.24, 2.45) is 0 Å². The number of methoxy groups -OCH3 is 2. The number of pyridine rings is 1. The van der Waals surface area contributed by atoms with Gasteiger partial charge in [0.15, 0.2) is 5.11 Å². The molecular formula is C24H28N4O2S. The molecule has 0 amide bonds. The molecule has 0 radical (unpaired) electrons. The van der Waals surface area contributed by atoms with E-state index in [1.165, 1.54) is 17.0 Å². The Morgan fingerprint density at radius 2 is 1.87 bits per heavy atom.